The molecule has 0 bridgehead atoms. The second-order valence-corrected chi connectivity index (χ2v) is 9.42. The molecule has 0 amide bonds. The van der Waals surface area contributed by atoms with Gasteiger partial charge in [-0.3, -0.25) is 10.1 Å². The monoisotopic (exact) mass is 490 g/mol. The van der Waals surface area contributed by atoms with Crippen molar-refractivity contribution >= 4 is 21.6 Å². The number of sulfone groups is 1. The van der Waals surface area contributed by atoms with E-state index in [1.807, 2.05) is 24.3 Å². The predicted octanol–water partition coefficient (Wildman–Crippen LogP) is 2.69. The zero-order valence-corrected chi connectivity index (χ0v) is 19.3. The molecule has 4 rings (SSSR count). The molecule has 0 fully saturated rings. The van der Waals surface area contributed by atoms with Gasteiger partial charge < -0.3 is 10.4 Å². The van der Waals surface area contributed by atoms with Gasteiger partial charge in [-0.2, -0.15) is 0 Å². The fourth-order valence-electron chi connectivity index (χ4n) is 3.30. The number of hydrogen-bond donors (Lipinski definition) is 3. The Morgan fingerprint density at radius 2 is 1.63 bits per heavy atom. The molecular weight excluding hydrogens is 468 g/mol. The Bertz CT molecular complexity index is 1380. The average Bonchev–Trinajstić information content (AvgIpc) is 2.89. The standard InChI is InChI=1S/C24H22N6O4S/c31-22(32)16-28-20-6-3-5-19(30-20)24(35(33,34)21-7-1-2-12-25-21)29-15-17-8-10-18(11-9-17)23-26-13-4-14-27-23/h1-14,24,29H,15-16H2,(H,28,30)(H,31,32). The van der Waals surface area contributed by atoms with Gasteiger partial charge in [0.15, 0.2) is 16.2 Å². The van der Waals surface area contributed by atoms with E-state index in [1.54, 1.807) is 48.8 Å². The van der Waals surface area contributed by atoms with E-state index in [0.29, 0.717) is 5.82 Å². The van der Waals surface area contributed by atoms with E-state index in [4.69, 9.17) is 5.11 Å². The van der Waals surface area contributed by atoms with Crippen LogP contribution in [0.4, 0.5) is 5.82 Å². The summed E-state index contributed by atoms with van der Waals surface area (Å²) in [5.41, 5.74) is 1.89. The van der Waals surface area contributed by atoms with Crippen molar-refractivity contribution in [3.05, 3.63) is 96.6 Å². The van der Waals surface area contributed by atoms with Gasteiger partial charge in [-0.25, -0.2) is 28.4 Å². The van der Waals surface area contributed by atoms with E-state index in [0.717, 1.165) is 11.1 Å². The summed E-state index contributed by atoms with van der Waals surface area (Å²) in [5, 5.41) is 13.3. The summed E-state index contributed by atoms with van der Waals surface area (Å²) < 4.78 is 26.9. The SMILES string of the molecule is O=C(O)CNc1cccc(C(NCc2ccc(-c3ncccn3)cc2)S(=O)(=O)c2ccccn2)n1. The summed E-state index contributed by atoms with van der Waals surface area (Å²) in [7, 11) is -3.97. The molecule has 0 radical (unpaired) electrons. The van der Waals surface area contributed by atoms with E-state index in [2.05, 4.69) is 30.6 Å². The number of benzene rings is 1. The molecule has 1 unspecified atom stereocenters. The van der Waals surface area contributed by atoms with Crippen LogP contribution in [0.3, 0.4) is 0 Å². The number of carboxylic acid groups (broad SMARTS) is 1. The molecule has 0 saturated heterocycles. The first kappa shape index (κ1) is 23.9. The van der Waals surface area contributed by atoms with Crippen LogP contribution in [0.25, 0.3) is 11.4 Å². The number of anilines is 1. The summed E-state index contributed by atoms with van der Waals surface area (Å²) in [6.07, 6.45) is 4.74. The molecule has 3 aromatic heterocycles. The number of aromatic nitrogens is 4. The van der Waals surface area contributed by atoms with Crippen molar-refractivity contribution < 1.29 is 18.3 Å². The van der Waals surface area contributed by atoms with Crippen LogP contribution in [0.5, 0.6) is 0 Å². The summed E-state index contributed by atoms with van der Waals surface area (Å²) >= 11 is 0. The predicted molar refractivity (Wildman–Crippen MR) is 129 cm³/mol. The zero-order chi connectivity index (χ0) is 24.7. The summed E-state index contributed by atoms with van der Waals surface area (Å²) in [6, 6.07) is 18.6. The van der Waals surface area contributed by atoms with Gasteiger partial charge in [0.05, 0.1) is 5.69 Å². The highest BCUT2D eigenvalue weighted by Gasteiger charge is 2.31. The first-order valence-electron chi connectivity index (χ1n) is 10.6. The number of pyridine rings is 2. The second-order valence-electron chi connectivity index (χ2n) is 7.44. The smallest absolute Gasteiger partial charge is 0.322 e. The molecule has 3 heterocycles. The van der Waals surface area contributed by atoms with Crippen LogP contribution in [0.2, 0.25) is 0 Å². The van der Waals surface area contributed by atoms with Crippen LogP contribution in [-0.2, 0) is 21.2 Å². The molecule has 0 spiro atoms. The lowest BCUT2D eigenvalue weighted by Gasteiger charge is -2.19. The van der Waals surface area contributed by atoms with E-state index in [9.17, 15) is 13.2 Å². The second kappa shape index (κ2) is 10.8. The first-order chi connectivity index (χ1) is 16.9. The number of carbonyl (C=O) groups is 1. The minimum Gasteiger partial charge on any atom is -0.480 e. The maximum absolute atomic E-state index is 13.5. The van der Waals surface area contributed by atoms with Crippen molar-refractivity contribution in [2.75, 3.05) is 11.9 Å². The molecule has 4 aromatic rings. The quantitative estimate of drug-likeness (QED) is 0.303. The highest BCUT2D eigenvalue weighted by molar-refractivity contribution is 7.91. The number of nitrogens with zero attached hydrogens (tertiary/aromatic N) is 4. The minimum absolute atomic E-state index is 0.0974. The van der Waals surface area contributed by atoms with E-state index < -0.39 is 21.2 Å². The van der Waals surface area contributed by atoms with Crippen LogP contribution in [0.15, 0.2) is 90.3 Å². The van der Waals surface area contributed by atoms with Crippen molar-refractivity contribution in [3.8, 4) is 11.4 Å². The van der Waals surface area contributed by atoms with Gasteiger partial charge >= 0.3 is 5.97 Å². The van der Waals surface area contributed by atoms with Gasteiger partial charge in [-0.05, 0) is 35.9 Å². The normalized spacial score (nSPS) is 12.1. The Balaban J connectivity index is 1.60. The summed E-state index contributed by atoms with van der Waals surface area (Å²) in [6.45, 7) is -0.125. The molecule has 0 aliphatic carbocycles. The number of nitrogens with one attached hydrogen (secondary N) is 2. The number of carboxylic acids is 1. The Kier molecular flexibility index (Phi) is 7.38. The van der Waals surface area contributed by atoms with Crippen molar-refractivity contribution in [1.29, 1.82) is 0 Å². The Labute approximate surface area is 202 Å². The molecule has 0 aliphatic heterocycles. The molecule has 10 nitrogen and oxygen atoms in total. The molecule has 11 heteroatoms. The van der Waals surface area contributed by atoms with Crippen LogP contribution >= 0.6 is 0 Å². The number of aliphatic carboxylic acids is 1. The largest absolute Gasteiger partial charge is 0.480 e. The van der Waals surface area contributed by atoms with Crippen molar-refractivity contribution in [2.45, 2.75) is 16.9 Å². The molecular formula is C24H22N6O4S. The van der Waals surface area contributed by atoms with Crippen molar-refractivity contribution in [3.63, 3.8) is 0 Å². The lowest BCUT2D eigenvalue weighted by Crippen LogP contribution is -2.30. The van der Waals surface area contributed by atoms with Crippen LogP contribution in [-0.4, -0.2) is 46.0 Å². The van der Waals surface area contributed by atoms with E-state index >= 15 is 0 Å². The van der Waals surface area contributed by atoms with Crippen LogP contribution < -0.4 is 10.6 Å². The topological polar surface area (TPSA) is 147 Å². The third-order valence-electron chi connectivity index (χ3n) is 4.97. The summed E-state index contributed by atoms with van der Waals surface area (Å²) in [5.74, 6) is -0.213. The highest BCUT2D eigenvalue weighted by atomic mass is 32.2. The highest BCUT2D eigenvalue weighted by Crippen LogP contribution is 2.26. The van der Waals surface area contributed by atoms with Gasteiger partial charge in [0, 0.05) is 30.7 Å². The van der Waals surface area contributed by atoms with Crippen LogP contribution in [0, 0.1) is 0 Å². The van der Waals surface area contributed by atoms with Gasteiger partial charge in [0.25, 0.3) is 0 Å². The lowest BCUT2D eigenvalue weighted by atomic mass is 10.1. The first-order valence-corrected chi connectivity index (χ1v) is 12.2. The van der Waals surface area contributed by atoms with Crippen molar-refractivity contribution in [1.82, 2.24) is 25.3 Å². The molecule has 3 N–H and O–H groups in total. The molecule has 0 saturated carbocycles. The molecule has 0 aliphatic rings. The molecule has 1 atom stereocenters. The maximum atomic E-state index is 13.5. The van der Waals surface area contributed by atoms with Crippen LogP contribution in [0.1, 0.15) is 16.6 Å². The van der Waals surface area contributed by atoms with Gasteiger partial charge in [0.1, 0.15) is 12.4 Å². The Morgan fingerprint density at radius 3 is 2.31 bits per heavy atom. The lowest BCUT2D eigenvalue weighted by molar-refractivity contribution is -0.134. The van der Waals surface area contributed by atoms with E-state index in [-0.39, 0.29) is 29.6 Å². The number of hydrogen-bond acceptors (Lipinski definition) is 9. The third-order valence-corrected chi connectivity index (χ3v) is 6.82. The molecule has 178 valence electrons. The Morgan fingerprint density at radius 1 is 0.886 bits per heavy atom. The Hall–Kier alpha value is -4.22. The van der Waals surface area contributed by atoms with Gasteiger partial charge in [0.2, 0.25) is 9.84 Å². The molecule has 1 aromatic carbocycles. The average molecular weight is 491 g/mol. The van der Waals surface area contributed by atoms with Gasteiger partial charge in [-0.1, -0.05) is 36.4 Å². The molecule has 35 heavy (non-hydrogen) atoms. The number of rotatable bonds is 10. The zero-order valence-electron chi connectivity index (χ0n) is 18.4. The maximum Gasteiger partial charge on any atom is 0.322 e. The minimum atomic E-state index is -3.97. The van der Waals surface area contributed by atoms with Gasteiger partial charge in [-0.15, -0.1) is 0 Å². The van der Waals surface area contributed by atoms with Crippen molar-refractivity contribution in [2.24, 2.45) is 0 Å². The summed E-state index contributed by atoms with van der Waals surface area (Å²) in [4.78, 5) is 27.7. The fraction of sp³-hybridized carbons (Fsp3) is 0.125. The van der Waals surface area contributed by atoms with E-state index in [1.165, 1.54) is 12.3 Å². The third kappa shape index (κ3) is 6.02. The fourth-order valence-corrected chi connectivity index (χ4v) is 4.77.